The lowest BCUT2D eigenvalue weighted by atomic mass is 9.87. The molecule has 0 saturated heterocycles. The van der Waals surface area contributed by atoms with Crippen LogP contribution >= 0.6 is 23.4 Å². The molecule has 2 aromatic carbocycles. The van der Waals surface area contributed by atoms with Crippen LogP contribution < -0.4 is 10.1 Å². The maximum absolute atomic E-state index is 12.5. The number of halogens is 1. The van der Waals surface area contributed by atoms with Crippen LogP contribution in [0.3, 0.4) is 0 Å². The molecule has 1 aliphatic rings. The monoisotopic (exact) mass is 498 g/mol. The molecule has 2 amide bonds. The van der Waals surface area contributed by atoms with E-state index in [1.54, 1.807) is 24.3 Å². The molecule has 4 rings (SSSR count). The van der Waals surface area contributed by atoms with Gasteiger partial charge in [-0.3, -0.25) is 19.5 Å². The quantitative estimate of drug-likeness (QED) is 0.430. The number of nitrogens with one attached hydrogen (secondary N) is 1. The Balaban J connectivity index is 1.34. The maximum atomic E-state index is 12.5. The second kappa shape index (κ2) is 10.2. The van der Waals surface area contributed by atoms with Crippen LogP contribution in [0.4, 0.5) is 0 Å². The molecule has 1 aromatic heterocycles. The number of hydrogen-bond donors (Lipinski definition) is 1. The highest BCUT2D eigenvalue weighted by molar-refractivity contribution is 7.99. The number of rotatable bonds is 8. The molecule has 34 heavy (non-hydrogen) atoms. The van der Waals surface area contributed by atoms with Crippen LogP contribution in [0.25, 0.3) is 0 Å². The van der Waals surface area contributed by atoms with E-state index in [1.807, 2.05) is 28.8 Å². The van der Waals surface area contributed by atoms with Crippen molar-refractivity contribution in [3.05, 3.63) is 70.5 Å². The first-order chi connectivity index (χ1) is 16.2. The summed E-state index contributed by atoms with van der Waals surface area (Å²) in [5.41, 5.74) is 1.57. The number of para-hydroxylation sites is 1. The van der Waals surface area contributed by atoms with Crippen molar-refractivity contribution < 1.29 is 14.3 Å². The second-order valence-electron chi connectivity index (χ2n) is 9.21. The third-order valence-corrected chi connectivity index (χ3v) is 6.69. The summed E-state index contributed by atoms with van der Waals surface area (Å²) in [7, 11) is 0. The van der Waals surface area contributed by atoms with Crippen molar-refractivity contribution in [2.24, 2.45) is 0 Å². The Morgan fingerprint density at radius 1 is 1.12 bits per heavy atom. The van der Waals surface area contributed by atoms with E-state index in [1.165, 1.54) is 11.8 Å². The highest BCUT2D eigenvalue weighted by Crippen LogP contribution is 2.39. The molecule has 1 fully saturated rings. The number of nitrogens with zero attached hydrogens (tertiary/aromatic N) is 3. The fraction of sp³-hybridized carbons (Fsp3) is 0.360. The fourth-order valence-corrected chi connectivity index (χ4v) is 4.41. The van der Waals surface area contributed by atoms with Gasteiger partial charge in [0.1, 0.15) is 12.4 Å². The largest absolute Gasteiger partial charge is 0.484 e. The van der Waals surface area contributed by atoms with Gasteiger partial charge in [0.15, 0.2) is 11.0 Å². The van der Waals surface area contributed by atoms with Crippen molar-refractivity contribution in [2.75, 3.05) is 5.75 Å². The number of thioether (sulfide) groups is 1. The van der Waals surface area contributed by atoms with Gasteiger partial charge in [0.2, 0.25) is 5.91 Å². The molecule has 3 aromatic rings. The topological polar surface area (TPSA) is 86.1 Å². The number of hydrogen-bond acceptors (Lipinski definition) is 6. The average Bonchev–Trinajstić information content (AvgIpc) is 3.56. The van der Waals surface area contributed by atoms with E-state index in [0.29, 0.717) is 33.4 Å². The van der Waals surface area contributed by atoms with Crippen molar-refractivity contribution in [1.29, 1.82) is 0 Å². The Bertz CT molecular complexity index is 1180. The maximum Gasteiger partial charge on any atom is 0.257 e. The molecule has 1 saturated carbocycles. The number of aromatic nitrogens is 3. The van der Waals surface area contributed by atoms with Gasteiger partial charge in [-0.05, 0) is 48.1 Å². The van der Waals surface area contributed by atoms with Gasteiger partial charge in [-0.2, -0.15) is 0 Å². The Morgan fingerprint density at radius 3 is 2.47 bits per heavy atom. The van der Waals surface area contributed by atoms with Crippen molar-refractivity contribution in [3.63, 3.8) is 0 Å². The van der Waals surface area contributed by atoms with Gasteiger partial charge in [0, 0.05) is 11.6 Å². The standard InChI is InChI=1S/C25H27ClN4O3S/c1-25(2,3)17-10-8-16(9-11-17)23(32)27-22(31)15-34-24-29-28-21(30(24)18-12-13-18)14-33-20-7-5-4-6-19(20)26/h4-11,18H,12-15H2,1-3H3,(H,27,31,32). The zero-order valence-corrected chi connectivity index (χ0v) is 20.9. The first-order valence-corrected chi connectivity index (χ1v) is 12.5. The first-order valence-electron chi connectivity index (χ1n) is 11.1. The molecule has 7 nitrogen and oxygen atoms in total. The molecule has 0 unspecified atom stereocenters. The molecule has 1 aliphatic carbocycles. The van der Waals surface area contributed by atoms with Crippen LogP contribution in [0, 0.1) is 0 Å². The van der Waals surface area contributed by atoms with Crippen LogP contribution in [0.2, 0.25) is 5.02 Å². The Morgan fingerprint density at radius 2 is 1.82 bits per heavy atom. The van der Waals surface area contributed by atoms with E-state index in [9.17, 15) is 9.59 Å². The summed E-state index contributed by atoms with van der Waals surface area (Å²) in [6, 6.07) is 14.9. The Labute approximate surface area is 208 Å². The molecular weight excluding hydrogens is 472 g/mol. The minimum atomic E-state index is -0.413. The summed E-state index contributed by atoms with van der Waals surface area (Å²) in [4.78, 5) is 24.9. The van der Waals surface area contributed by atoms with E-state index >= 15 is 0 Å². The van der Waals surface area contributed by atoms with Crippen molar-refractivity contribution in [3.8, 4) is 5.75 Å². The number of carbonyl (C=O) groups excluding carboxylic acids is 2. The molecule has 0 aliphatic heterocycles. The molecule has 0 atom stereocenters. The van der Waals surface area contributed by atoms with E-state index in [2.05, 4.69) is 36.3 Å². The summed E-state index contributed by atoms with van der Waals surface area (Å²) < 4.78 is 7.84. The summed E-state index contributed by atoms with van der Waals surface area (Å²) in [6.07, 6.45) is 2.06. The second-order valence-corrected chi connectivity index (χ2v) is 10.6. The van der Waals surface area contributed by atoms with Crippen molar-refractivity contribution in [2.45, 2.75) is 56.8 Å². The predicted molar refractivity (Wildman–Crippen MR) is 132 cm³/mol. The van der Waals surface area contributed by atoms with Gasteiger partial charge in [0.25, 0.3) is 5.91 Å². The lowest BCUT2D eigenvalue weighted by molar-refractivity contribution is -0.117. The lowest BCUT2D eigenvalue weighted by Gasteiger charge is -2.19. The number of amides is 2. The van der Waals surface area contributed by atoms with Gasteiger partial charge < -0.3 is 4.74 Å². The molecule has 0 spiro atoms. The Hall–Kier alpha value is -2.84. The van der Waals surface area contributed by atoms with E-state index in [-0.39, 0.29) is 23.7 Å². The molecule has 1 N–H and O–H groups in total. The summed E-state index contributed by atoms with van der Waals surface area (Å²) in [6.45, 7) is 6.55. The molecular formula is C25H27ClN4O3S. The van der Waals surface area contributed by atoms with Gasteiger partial charge >= 0.3 is 0 Å². The summed E-state index contributed by atoms with van der Waals surface area (Å²) >= 11 is 7.42. The molecule has 0 radical (unpaired) electrons. The number of ether oxygens (including phenoxy) is 1. The van der Waals surface area contributed by atoms with Gasteiger partial charge in [-0.25, -0.2) is 0 Å². The van der Waals surface area contributed by atoms with Crippen LogP contribution in [0.15, 0.2) is 53.7 Å². The van der Waals surface area contributed by atoms with Crippen molar-refractivity contribution >= 4 is 35.2 Å². The molecule has 0 bridgehead atoms. The molecule has 9 heteroatoms. The SMILES string of the molecule is CC(C)(C)c1ccc(C(=O)NC(=O)CSc2nnc(COc3ccccc3Cl)n2C2CC2)cc1. The highest BCUT2D eigenvalue weighted by Gasteiger charge is 2.30. The van der Waals surface area contributed by atoms with E-state index in [4.69, 9.17) is 16.3 Å². The third kappa shape index (κ3) is 5.98. The third-order valence-electron chi connectivity index (χ3n) is 5.44. The normalized spacial score (nSPS) is 13.5. The summed E-state index contributed by atoms with van der Waals surface area (Å²) in [5.74, 6) is 0.525. The average molecular weight is 499 g/mol. The van der Waals surface area contributed by atoms with E-state index in [0.717, 1.165) is 18.4 Å². The predicted octanol–water partition coefficient (Wildman–Crippen LogP) is 5.19. The van der Waals surface area contributed by atoms with Crippen LogP contribution in [0.1, 0.15) is 61.4 Å². The smallest absolute Gasteiger partial charge is 0.257 e. The number of benzene rings is 2. The van der Waals surface area contributed by atoms with Crippen molar-refractivity contribution in [1.82, 2.24) is 20.1 Å². The van der Waals surface area contributed by atoms with E-state index < -0.39 is 5.91 Å². The lowest BCUT2D eigenvalue weighted by Crippen LogP contribution is -2.32. The minimum absolute atomic E-state index is 0.00375. The Kier molecular flexibility index (Phi) is 7.28. The number of carbonyl (C=O) groups is 2. The zero-order chi connectivity index (χ0) is 24.3. The van der Waals surface area contributed by atoms with Gasteiger partial charge in [-0.15, -0.1) is 10.2 Å². The molecule has 178 valence electrons. The zero-order valence-electron chi connectivity index (χ0n) is 19.4. The number of imide groups is 1. The minimum Gasteiger partial charge on any atom is -0.484 e. The van der Waals surface area contributed by atoms with Crippen LogP contribution in [-0.4, -0.2) is 32.3 Å². The first kappa shape index (κ1) is 24.3. The highest BCUT2D eigenvalue weighted by atomic mass is 35.5. The van der Waals surface area contributed by atoms with Crippen LogP contribution in [-0.2, 0) is 16.8 Å². The van der Waals surface area contributed by atoms with Gasteiger partial charge in [-0.1, -0.05) is 68.4 Å². The van der Waals surface area contributed by atoms with Gasteiger partial charge in [0.05, 0.1) is 10.8 Å². The molecule has 1 heterocycles. The summed E-state index contributed by atoms with van der Waals surface area (Å²) in [5, 5.41) is 12.1. The van der Waals surface area contributed by atoms with Crippen LogP contribution in [0.5, 0.6) is 5.75 Å². The fourth-order valence-electron chi connectivity index (χ4n) is 3.39.